The molecule has 1 fully saturated rings. The van der Waals surface area contributed by atoms with Crippen molar-refractivity contribution in [2.45, 2.75) is 12.8 Å². The summed E-state index contributed by atoms with van der Waals surface area (Å²) in [4.78, 5) is 32.8. The first kappa shape index (κ1) is 21.6. The highest BCUT2D eigenvalue weighted by Crippen LogP contribution is 2.37. The maximum Gasteiger partial charge on any atom is 0.324 e. The van der Waals surface area contributed by atoms with Crippen LogP contribution in [-0.4, -0.2) is 60.3 Å². The number of nitrogens with zero attached hydrogens (tertiary/aromatic N) is 5. The van der Waals surface area contributed by atoms with Gasteiger partial charge in [0.05, 0.1) is 11.4 Å². The molecular weight excluding hydrogens is 445 g/mol. The van der Waals surface area contributed by atoms with Crippen molar-refractivity contribution in [2.75, 3.05) is 42.5 Å². The summed E-state index contributed by atoms with van der Waals surface area (Å²) in [6, 6.07) is 14.4. The zero-order valence-corrected chi connectivity index (χ0v) is 19.3. The zero-order chi connectivity index (χ0) is 23.9. The van der Waals surface area contributed by atoms with E-state index in [-0.39, 0.29) is 18.5 Å². The van der Waals surface area contributed by atoms with E-state index in [1.165, 1.54) is 17.1 Å². The number of rotatable bonds is 2. The van der Waals surface area contributed by atoms with Crippen molar-refractivity contribution in [3.8, 4) is 0 Å². The van der Waals surface area contributed by atoms with Crippen LogP contribution in [0, 0.1) is 11.7 Å². The number of piperazine rings is 1. The van der Waals surface area contributed by atoms with Gasteiger partial charge >= 0.3 is 6.03 Å². The Morgan fingerprint density at radius 1 is 1.03 bits per heavy atom. The maximum atomic E-state index is 14.3. The number of hydrogen-bond donors (Lipinski definition) is 0. The fourth-order valence-corrected chi connectivity index (χ4v) is 5.25. The van der Waals surface area contributed by atoms with Gasteiger partial charge in [0, 0.05) is 49.7 Å². The molecule has 4 aliphatic rings. The first-order chi connectivity index (χ1) is 17.1. The van der Waals surface area contributed by atoms with Crippen LogP contribution < -0.4 is 9.80 Å². The molecule has 3 amide bonds. The Morgan fingerprint density at radius 3 is 2.57 bits per heavy atom. The molecular formula is C27H26FN5O2. The smallest absolute Gasteiger partial charge is 0.324 e. The third kappa shape index (κ3) is 3.79. The summed E-state index contributed by atoms with van der Waals surface area (Å²) in [6.07, 6.45) is 7.43. The third-order valence-electron chi connectivity index (χ3n) is 7.10. The van der Waals surface area contributed by atoms with E-state index >= 15 is 0 Å². The summed E-state index contributed by atoms with van der Waals surface area (Å²) < 4.78 is 14.3. The third-order valence-corrected chi connectivity index (χ3v) is 7.10. The minimum Gasteiger partial charge on any atom is -0.368 e. The van der Waals surface area contributed by atoms with Gasteiger partial charge in [0.1, 0.15) is 11.7 Å². The monoisotopic (exact) mass is 471 g/mol. The fraction of sp³-hybridized carbons (Fsp3) is 0.296. The summed E-state index contributed by atoms with van der Waals surface area (Å²) in [5.41, 5.74) is 3.62. The molecule has 2 aromatic rings. The molecule has 0 spiro atoms. The summed E-state index contributed by atoms with van der Waals surface area (Å²) in [5, 5.41) is 6.07. The summed E-state index contributed by atoms with van der Waals surface area (Å²) >= 11 is 0. The van der Waals surface area contributed by atoms with Crippen molar-refractivity contribution in [3.05, 3.63) is 83.8 Å². The highest BCUT2D eigenvalue weighted by molar-refractivity contribution is 6.22. The lowest BCUT2D eigenvalue weighted by Crippen LogP contribution is -2.55. The Bertz CT molecular complexity index is 1260. The normalized spacial score (nSPS) is 21.5. The summed E-state index contributed by atoms with van der Waals surface area (Å²) in [6.45, 7) is 2.81. The van der Waals surface area contributed by atoms with Crippen molar-refractivity contribution in [2.24, 2.45) is 11.0 Å². The standard InChI is InChI=1S/C27H26FN5O2/c28-19-11-12-24-22(17-19)25-23(26(34)33(29-25)21-9-5-2-6-10-21)18-32(24)27(35)31-15-13-30(14-16-31)20-7-3-1-4-8-20/h1-5,7-9,11-12,17,23H,6,10,13-16,18H2. The van der Waals surface area contributed by atoms with Gasteiger partial charge in [0.25, 0.3) is 5.91 Å². The predicted octanol–water partition coefficient (Wildman–Crippen LogP) is 3.98. The van der Waals surface area contributed by atoms with Gasteiger partial charge in [-0.1, -0.05) is 30.4 Å². The first-order valence-corrected chi connectivity index (χ1v) is 12.0. The number of carbonyl (C=O) groups is 2. The van der Waals surface area contributed by atoms with Crippen LogP contribution in [0.4, 0.5) is 20.6 Å². The Kier molecular flexibility index (Phi) is 5.36. The zero-order valence-electron chi connectivity index (χ0n) is 19.3. The van der Waals surface area contributed by atoms with Gasteiger partial charge in [-0.05, 0) is 49.2 Å². The molecule has 8 heteroatoms. The molecule has 1 aliphatic carbocycles. The van der Waals surface area contributed by atoms with E-state index in [4.69, 9.17) is 0 Å². The molecule has 2 aromatic carbocycles. The van der Waals surface area contributed by atoms with Crippen LogP contribution in [0.3, 0.4) is 0 Å². The van der Waals surface area contributed by atoms with Crippen LogP contribution in [-0.2, 0) is 4.79 Å². The Hall–Kier alpha value is -3.94. The van der Waals surface area contributed by atoms with Gasteiger partial charge in [0.2, 0.25) is 0 Å². The van der Waals surface area contributed by atoms with Crippen LogP contribution in [0.15, 0.2) is 77.6 Å². The molecule has 3 heterocycles. The Morgan fingerprint density at radius 2 is 1.83 bits per heavy atom. The lowest BCUT2D eigenvalue weighted by molar-refractivity contribution is -0.129. The number of hydrogen-bond acceptors (Lipinski definition) is 4. The average Bonchev–Trinajstić information content (AvgIpc) is 3.25. The number of fused-ring (bicyclic) bond motifs is 3. The summed E-state index contributed by atoms with van der Waals surface area (Å²) in [5.74, 6) is -1.18. The molecule has 0 radical (unpaired) electrons. The van der Waals surface area contributed by atoms with E-state index in [0.717, 1.165) is 37.3 Å². The molecule has 0 bridgehead atoms. The molecule has 3 aliphatic heterocycles. The first-order valence-electron chi connectivity index (χ1n) is 12.0. The minimum atomic E-state index is -0.606. The highest BCUT2D eigenvalue weighted by atomic mass is 19.1. The van der Waals surface area contributed by atoms with Gasteiger partial charge in [0.15, 0.2) is 0 Å². The lowest BCUT2D eigenvalue weighted by Gasteiger charge is -2.40. The van der Waals surface area contributed by atoms with Crippen LogP contribution in [0.5, 0.6) is 0 Å². The Labute approximate surface area is 203 Å². The Balaban J connectivity index is 1.26. The van der Waals surface area contributed by atoms with Crippen molar-refractivity contribution in [3.63, 3.8) is 0 Å². The van der Waals surface area contributed by atoms with E-state index in [0.29, 0.717) is 30.1 Å². The summed E-state index contributed by atoms with van der Waals surface area (Å²) in [7, 11) is 0. The topological polar surface area (TPSA) is 59.5 Å². The van der Waals surface area contributed by atoms with Gasteiger partial charge in [-0.2, -0.15) is 5.10 Å². The van der Waals surface area contributed by atoms with Gasteiger partial charge in [-0.15, -0.1) is 0 Å². The van der Waals surface area contributed by atoms with E-state index in [2.05, 4.69) is 22.1 Å². The molecule has 1 saturated heterocycles. The van der Waals surface area contributed by atoms with Crippen molar-refractivity contribution < 1.29 is 14.0 Å². The number of hydrazone groups is 1. The van der Waals surface area contributed by atoms with Gasteiger partial charge < -0.3 is 9.80 Å². The maximum absolute atomic E-state index is 14.3. The quantitative estimate of drug-likeness (QED) is 0.666. The molecule has 178 valence electrons. The molecule has 0 saturated carbocycles. The number of halogens is 1. The average molecular weight is 472 g/mol. The van der Waals surface area contributed by atoms with E-state index in [1.54, 1.807) is 11.0 Å². The SMILES string of the molecule is O=C1C2CN(C(=O)N3CCN(c4ccccc4)CC3)c3ccc(F)cc3C2=NN1C1=CC=CCC1. The van der Waals surface area contributed by atoms with Crippen LogP contribution >= 0.6 is 0 Å². The van der Waals surface area contributed by atoms with E-state index in [1.807, 2.05) is 41.3 Å². The molecule has 0 aromatic heterocycles. The number of benzene rings is 2. The number of anilines is 2. The highest BCUT2D eigenvalue weighted by Gasteiger charge is 2.45. The van der Waals surface area contributed by atoms with Crippen molar-refractivity contribution in [1.82, 2.24) is 9.91 Å². The van der Waals surface area contributed by atoms with Gasteiger partial charge in [-0.25, -0.2) is 14.2 Å². The van der Waals surface area contributed by atoms with Crippen molar-refractivity contribution in [1.29, 1.82) is 0 Å². The number of para-hydroxylation sites is 1. The molecule has 0 N–H and O–H groups in total. The molecule has 1 unspecified atom stereocenters. The van der Waals surface area contributed by atoms with Crippen LogP contribution in [0.1, 0.15) is 18.4 Å². The van der Waals surface area contributed by atoms with Crippen LogP contribution in [0.2, 0.25) is 0 Å². The molecule has 6 rings (SSSR count). The number of urea groups is 1. The van der Waals surface area contributed by atoms with Gasteiger partial charge in [-0.3, -0.25) is 9.69 Å². The number of amides is 3. The number of carbonyl (C=O) groups excluding carboxylic acids is 2. The molecule has 35 heavy (non-hydrogen) atoms. The van der Waals surface area contributed by atoms with E-state index < -0.39 is 11.7 Å². The number of allylic oxidation sites excluding steroid dienone is 4. The lowest BCUT2D eigenvalue weighted by atomic mass is 9.90. The molecule has 1 atom stereocenters. The second-order valence-electron chi connectivity index (χ2n) is 9.18. The second-order valence-corrected chi connectivity index (χ2v) is 9.18. The fourth-order valence-electron chi connectivity index (χ4n) is 5.25. The predicted molar refractivity (Wildman–Crippen MR) is 133 cm³/mol. The molecule has 7 nitrogen and oxygen atoms in total. The minimum absolute atomic E-state index is 0.157. The second kappa shape index (κ2) is 8.69. The van der Waals surface area contributed by atoms with Crippen LogP contribution in [0.25, 0.3) is 0 Å². The van der Waals surface area contributed by atoms with E-state index in [9.17, 15) is 14.0 Å². The van der Waals surface area contributed by atoms with Crippen molar-refractivity contribution >= 4 is 29.0 Å². The largest absolute Gasteiger partial charge is 0.368 e.